The molecule has 0 spiro atoms. The molecular formula is C25H26N4O2S. The standard InChI is InChI=1S/C25H26N4O2S/c1-18-13-20(7-8-22(18)19-5-3-2-4-6-19)24(30)29-14-21(15-29)27-9-11-28(12-10-27)25(31)23-16-32-17-26-23/h2-8,13,16-17,21H,9-12,14-15H2,1H3. The molecule has 2 aromatic carbocycles. The van der Waals surface area contributed by atoms with Gasteiger partial charge < -0.3 is 9.80 Å². The largest absolute Gasteiger partial charge is 0.335 e. The predicted octanol–water partition coefficient (Wildman–Crippen LogP) is 3.40. The first-order chi connectivity index (χ1) is 15.6. The number of hydrogen-bond donors (Lipinski definition) is 0. The number of nitrogens with zero attached hydrogens (tertiary/aromatic N) is 4. The molecule has 3 heterocycles. The van der Waals surface area contributed by atoms with Crippen LogP contribution in [0.3, 0.4) is 0 Å². The summed E-state index contributed by atoms with van der Waals surface area (Å²) in [6, 6.07) is 16.6. The van der Waals surface area contributed by atoms with E-state index in [4.69, 9.17) is 0 Å². The molecule has 0 unspecified atom stereocenters. The van der Waals surface area contributed by atoms with Crippen molar-refractivity contribution in [3.63, 3.8) is 0 Å². The van der Waals surface area contributed by atoms with Gasteiger partial charge in [0.1, 0.15) is 5.69 Å². The van der Waals surface area contributed by atoms with E-state index in [1.165, 1.54) is 16.9 Å². The van der Waals surface area contributed by atoms with Crippen molar-refractivity contribution >= 4 is 23.2 Å². The van der Waals surface area contributed by atoms with Crippen molar-refractivity contribution in [2.24, 2.45) is 0 Å². The summed E-state index contributed by atoms with van der Waals surface area (Å²) in [5.74, 6) is 0.118. The summed E-state index contributed by atoms with van der Waals surface area (Å²) < 4.78 is 0. The Labute approximate surface area is 192 Å². The lowest BCUT2D eigenvalue weighted by atomic mass is 9.97. The van der Waals surface area contributed by atoms with Gasteiger partial charge in [0, 0.05) is 56.3 Å². The fourth-order valence-corrected chi connectivity index (χ4v) is 5.07. The van der Waals surface area contributed by atoms with Crippen LogP contribution in [-0.2, 0) is 0 Å². The van der Waals surface area contributed by atoms with Crippen LogP contribution in [0.25, 0.3) is 11.1 Å². The summed E-state index contributed by atoms with van der Waals surface area (Å²) >= 11 is 1.45. The molecule has 6 nitrogen and oxygen atoms in total. The lowest BCUT2D eigenvalue weighted by Crippen LogP contribution is -2.64. The SMILES string of the molecule is Cc1cc(C(=O)N2CC(N3CCN(C(=O)c4cscn4)CC3)C2)ccc1-c1ccccc1. The molecular weight excluding hydrogens is 420 g/mol. The third-order valence-electron chi connectivity index (χ3n) is 6.48. The molecule has 0 saturated carbocycles. The number of aromatic nitrogens is 1. The monoisotopic (exact) mass is 446 g/mol. The van der Waals surface area contributed by atoms with Crippen molar-refractivity contribution in [2.45, 2.75) is 13.0 Å². The summed E-state index contributed by atoms with van der Waals surface area (Å²) in [6.45, 7) is 6.66. The number of piperazine rings is 1. The molecule has 0 atom stereocenters. The van der Waals surface area contributed by atoms with Crippen molar-refractivity contribution in [1.82, 2.24) is 19.7 Å². The van der Waals surface area contributed by atoms with Crippen LogP contribution in [0.1, 0.15) is 26.4 Å². The topological polar surface area (TPSA) is 56.8 Å². The first kappa shape index (κ1) is 20.8. The zero-order valence-electron chi connectivity index (χ0n) is 18.1. The molecule has 2 saturated heterocycles. The summed E-state index contributed by atoms with van der Waals surface area (Å²) in [4.78, 5) is 35.8. The molecule has 5 rings (SSSR count). The van der Waals surface area contributed by atoms with Gasteiger partial charge in [-0.15, -0.1) is 11.3 Å². The average Bonchev–Trinajstić information content (AvgIpc) is 3.33. The quantitative estimate of drug-likeness (QED) is 0.616. The summed E-state index contributed by atoms with van der Waals surface area (Å²) in [6.07, 6.45) is 0. The van der Waals surface area contributed by atoms with Gasteiger partial charge in [0.25, 0.3) is 11.8 Å². The smallest absolute Gasteiger partial charge is 0.273 e. The van der Waals surface area contributed by atoms with E-state index in [2.05, 4.69) is 28.9 Å². The zero-order valence-corrected chi connectivity index (χ0v) is 18.9. The molecule has 164 valence electrons. The second-order valence-corrected chi connectivity index (χ2v) is 9.18. The molecule has 7 heteroatoms. The first-order valence-corrected chi connectivity index (χ1v) is 11.9. The third-order valence-corrected chi connectivity index (χ3v) is 7.06. The molecule has 0 radical (unpaired) electrons. The molecule has 2 fully saturated rings. The molecule has 3 aromatic rings. The van der Waals surface area contributed by atoms with Crippen LogP contribution in [0.5, 0.6) is 0 Å². The number of thiazole rings is 1. The second kappa shape index (κ2) is 8.84. The zero-order chi connectivity index (χ0) is 22.1. The van der Waals surface area contributed by atoms with Crippen LogP contribution in [-0.4, -0.2) is 76.8 Å². The van der Waals surface area contributed by atoms with E-state index in [0.29, 0.717) is 24.8 Å². The van der Waals surface area contributed by atoms with Gasteiger partial charge in [0.2, 0.25) is 0 Å². The van der Waals surface area contributed by atoms with Gasteiger partial charge in [0.05, 0.1) is 5.51 Å². The average molecular weight is 447 g/mol. The van der Waals surface area contributed by atoms with Gasteiger partial charge >= 0.3 is 0 Å². The van der Waals surface area contributed by atoms with Crippen molar-refractivity contribution < 1.29 is 9.59 Å². The number of carbonyl (C=O) groups is 2. The highest BCUT2D eigenvalue weighted by molar-refractivity contribution is 7.07. The molecule has 32 heavy (non-hydrogen) atoms. The van der Waals surface area contributed by atoms with Gasteiger partial charge in [-0.05, 0) is 35.7 Å². The maximum Gasteiger partial charge on any atom is 0.273 e. The Morgan fingerprint density at radius 1 is 0.938 bits per heavy atom. The fourth-order valence-electron chi connectivity index (χ4n) is 4.54. The van der Waals surface area contributed by atoms with Crippen molar-refractivity contribution in [3.8, 4) is 11.1 Å². The Hall–Kier alpha value is -3.03. The van der Waals surface area contributed by atoms with E-state index < -0.39 is 0 Å². The second-order valence-electron chi connectivity index (χ2n) is 8.46. The minimum atomic E-state index is 0.0191. The van der Waals surface area contributed by atoms with Crippen LogP contribution < -0.4 is 0 Å². The van der Waals surface area contributed by atoms with Gasteiger partial charge in [-0.1, -0.05) is 36.4 Å². The number of likely N-dealkylation sites (tertiary alicyclic amines) is 1. The molecule has 1 aromatic heterocycles. The summed E-state index contributed by atoms with van der Waals surface area (Å²) in [7, 11) is 0. The van der Waals surface area contributed by atoms with E-state index >= 15 is 0 Å². The highest BCUT2D eigenvalue weighted by atomic mass is 32.1. The first-order valence-electron chi connectivity index (χ1n) is 11.0. The van der Waals surface area contributed by atoms with Crippen LogP contribution in [0.2, 0.25) is 0 Å². The van der Waals surface area contributed by atoms with Crippen molar-refractivity contribution in [1.29, 1.82) is 0 Å². The fraction of sp³-hybridized carbons (Fsp3) is 0.320. The van der Waals surface area contributed by atoms with Crippen LogP contribution in [0.15, 0.2) is 59.4 Å². The van der Waals surface area contributed by atoms with Crippen molar-refractivity contribution in [3.05, 3.63) is 76.2 Å². The summed E-state index contributed by atoms with van der Waals surface area (Å²) in [5.41, 5.74) is 6.42. The van der Waals surface area contributed by atoms with Gasteiger partial charge in [0.15, 0.2) is 0 Å². The molecule has 2 amide bonds. The van der Waals surface area contributed by atoms with E-state index in [1.54, 1.807) is 10.9 Å². The molecule has 2 aliphatic heterocycles. The maximum absolute atomic E-state index is 13.0. The lowest BCUT2D eigenvalue weighted by Gasteiger charge is -2.48. The minimum Gasteiger partial charge on any atom is -0.335 e. The van der Waals surface area contributed by atoms with E-state index in [0.717, 1.165) is 42.9 Å². The van der Waals surface area contributed by atoms with Crippen LogP contribution in [0, 0.1) is 6.92 Å². The van der Waals surface area contributed by atoms with Gasteiger partial charge in [-0.25, -0.2) is 4.98 Å². The Morgan fingerprint density at radius 3 is 2.34 bits per heavy atom. The molecule has 0 N–H and O–H groups in total. The van der Waals surface area contributed by atoms with E-state index in [-0.39, 0.29) is 11.8 Å². The molecule has 0 bridgehead atoms. The Balaban J connectivity index is 1.14. The van der Waals surface area contributed by atoms with Gasteiger partial charge in [-0.3, -0.25) is 14.5 Å². The third kappa shape index (κ3) is 4.06. The number of hydrogen-bond acceptors (Lipinski definition) is 5. The number of aryl methyl sites for hydroxylation is 1. The van der Waals surface area contributed by atoms with Crippen LogP contribution in [0.4, 0.5) is 0 Å². The number of amides is 2. The molecule has 0 aliphatic carbocycles. The van der Waals surface area contributed by atoms with Crippen LogP contribution >= 0.6 is 11.3 Å². The number of benzene rings is 2. The van der Waals surface area contributed by atoms with E-state index in [9.17, 15) is 9.59 Å². The Morgan fingerprint density at radius 2 is 1.69 bits per heavy atom. The Bertz CT molecular complexity index is 1100. The van der Waals surface area contributed by atoms with Crippen molar-refractivity contribution in [2.75, 3.05) is 39.3 Å². The Kier molecular flexibility index (Phi) is 5.76. The highest BCUT2D eigenvalue weighted by Crippen LogP contribution is 2.26. The number of rotatable bonds is 4. The maximum atomic E-state index is 13.0. The highest BCUT2D eigenvalue weighted by Gasteiger charge is 2.37. The number of carbonyl (C=O) groups excluding carboxylic acids is 2. The minimum absolute atomic E-state index is 0.0191. The molecule has 2 aliphatic rings. The van der Waals surface area contributed by atoms with E-state index in [1.807, 2.05) is 46.2 Å². The normalized spacial score (nSPS) is 17.3. The van der Waals surface area contributed by atoms with Gasteiger partial charge in [-0.2, -0.15) is 0 Å². The lowest BCUT2D eigenvalue weighted by molar-refractivity contribution is 0.00843. The predicted molar refractivity (Wildman–Crippen MR) is 126 cm³/mol. The summed E-state index contributed by atoms with van der Waals surface area (Å²) in [5, 5.41) is 1.80.